The molecule has 0 atom stereocenters. The van der Waals surface area contributed by atoms with Crippen molar-refractivity contribution in [3.8, 4) is 5.75 Å². The maximum Gasteiger partial charge on any atom is 0.338 e. The second-order valence-electron chi connectivity index (χ2n) is 4.25. The zero-order valence-electron chi connectivity index (χ0n) is 10.1. The molecular formula is C14H17O2S+. The summed E-state index contributed by atoms with van der Waals surface area (Å²) in [6, 6.07) is 7.91. The first kappa shape index (κ1) is 12.2. The lowest BCUT2D eigenvalue weighted by Gasteiger charge is -2.04. The third-order valence-electron chi connectivity index (χ3n) is 2.75. The average Bonchev–Trinajstić information content (AvgIpc) is 2.83. The van der Waals surface area contributed by atoms with E-state index in [1.807, 2.05) is 12.1 Å². The quantitative estimate of drug-likeness (QED) is 0.356. The van der Waals surface area contributed by atoms with Crippen LogP contribution in [-0.4, -0.2) is 17.5 Å². The van der Waals surface area contributed by atoms with E-state index in [0.717, 1.165) is 0 Å². The number of ether oxygens (including phenoxy) is 1. The standard InChI is InChI=1S/C14H17O2S/c1-11(2)14(15)16-12-5-7-13(8-6-12)17-9-3-4-10-17/h5-8H,1,3-4,9-10H2,2H3/q+1. The molecule has 90 valence electrons. The lowest BCUT2D eigenvalue weighted by Crippen LogP contribution is -2.08. The zero-order chi connectivity index (χ0) is 12.3. The van der Waals surface area contributed by atoms with Gasteiger partial charge >= 0.3 is 5.97 Å². The third kappa shape index (κ3) is 3.13. The van der Waals surface area contributed by atoms with Crippen molar-refractivity contribution >= 4 is 16.9 Å². The van der Waals surface area contributed by atoms with E-state index in [-0.39, 0.29) is 5.97 Å². The number of carbonyl (C=O) groups is 1. The molecule has 1 fully saturated rings. The first-order valence-corrected chi connectivity index (χ1v) is 7.38. The highest BCUT2D eigenvalue weighted by Gasteiger charge is 2.26. The van der Waals surface area contributed by atoms with Crippen LogP contribution < -0.4 is 4.74 Å². The first-order valence-electron chi connectivity index (χ1n) is 5.82. The summed E-state index contributed by atoms with van der Waals surface area (Å²) in [7, 11) is 0.422. The van der Waals surface area contributed by atoms with Gasteiger partial charge in [0.2, 0.25) is 0 Å². The smallest absolute Gasteiger partial charge is 0.338 e. The Kier molecular flexibility index (Phi) is 3.89. The number of esters is 1. The fourth-order valence-electron chi connectivity index (χ4n) is 1.78. The summed E-state index contributed by atoms with van der Waals surface area (Å²) in [6.07, 6.45) is 2.69. The molecule has 1 aromatic rings. The predicted octanol–water partition coefficient (Wildman–Crippen LogP) is 2.94. The maximum atomic E-state index is 11.3. The molecule has 1 aliphatic heterocycles. The van der Waals surface area contributed by atoms with Gasteiger partial charge in [0.15, 0.2) is 4.90 Å². The minimum atomic E-state index is -0.360. The lowest BCUT2D eigenvalue weighted by molar-refractivity contribution is -0.130. The van der Waals surface area contributed by atoms with Gasteiger partial charge in [-0.05, 0) is 44.0 Å². The van der Waals surface area contributed by atoms with Crippen molar-refractivity contribution in [2.24, 2.45) is 0 Å². The van der Waals surface area contributed by atoms with Gasteiger partial charge in [-0.25, -0.2) is 4.79 Å². The molecule has 2 rings (SSSR count). The zero-order valence-corrected chi connectivity index (χ0v) is 10.9. The van der Waals surface area contributed by atoms with Gasteiger partial charge in [0.05, 0.1) is 0 Å². The van der Waals surface area contributed by atoms with Crippen molar-refractivity contribution in [2.45, 2.75) is 24.7 Å². The minimum Gasteiger partial charge on any atom is -0.423 e. The van der Waals surface area contributed by atoms with Crippen LogP contribution in [0.2, 0.25) is 0 Å². The molecule has 17 heavy (non-hydrogen) atoms. The molecule has 1 aromatic carbocycles. The second-order valence-corrected chi connectivity index (χ2v) is 6.52. The van der Waals surface area contributed by atoms with E-state index in [9.17, 15) is 4.79 Å². The van der Waals surface area contributed by atoms with E-state index >= 15 is 0 Å². The van der Waals surface area contributed by atoms with Gasteiger partial charge in [-0.2, -0.15) is 0 Å². The van der Waals surface area contributed by atoms with Gasteiger partial charge in [-0.15, -0.1) is 0 Å². The van der Waals surface area contributed by atoms with Crippen LogP contribution in [0.1, 0.15) is 19.8 Å². The number of carbonyl (C=O) groups excluding carboxylic acids is 1. The fourth-order valence-corrected chi connectivity index (χ4v) is 4.09. The highest BCUT2D eigenvalue weighted by atomic mass is 32.2. The van der Waals surface area contributed by atoms with Gasteiger partial charge < -0.3 is 4.74 Å². The monoisotopic (exact) mass is 249 g/mol. The van der Waals surface area contributed by atoms with Crippen LogP contribution in [0.15, 0.2) is 41.3 Å². The third-order valence-corrected chi connectivity index (χ3v) is 5.25. The van der Waals surface area contributed by atoms with Crippen molar-refractivity contribution in [1.29, 1.82) is 0 Å². The van der Waals surface area contributed by atoms with Gasteiger partial charge in [0.1, 0.15) is 17.3 Å². The molecule has 0 aliphatic carbocycles. The highest BCUT2D eigenvalue weighted by molar-refractivity contribution is 7.97. The van der Waals surface area contributed by atoms with Crippen LogP contribution in [0.25, 0.3) is 0 Å². The molecule has 1 saturated heterocycles. The molecule has 3 heteroatoms. The molecule has 0 radical (unpaired) electrons. The molecule has 2 nitrogen and oxygen atoms in total. The number of hydrogen-bond donors (Lipinski definition) is 0. The Morgan fingerprint density at radius 2 is 1.82 bits per heavy atom. The SMILES string of the molecule is C=C(C)C(=O)Oc1ccc([S+]2CCCC2)cc1. The van der Waals surface area contributed by atoms with E-state index in [4.69, 9.17) is 4.74 Å². The second kappa shape index (κ2) is 5.41. The van der Waals surface area contributed by atoms with Crippen molar-refractivity contribution in [3.63, 3.8) is 0 Å². The summed E-state index contributed by atoms with van der Waals surface area (Å²) >= 11 is 0. The van der Waals surface area contributed by atoms with E-state index in [1.165, 1.54) is 29.2 Å². The van der Waals surface area contributed by atoms with E-state index in [2.05, 4.69) is 18.7 Å². The van der Waals surface area contributed by atoms with E-state index < -0.39 is 0 Å². The highest BCUT2D eigenvalue weighted by Crippen LogP contribution is 2.24. The molecule has 0 spiro atoms. The van der Waals surface area contributed by atoms with Crippen molar-refractivity contribution in [1.82, 2.24) is 0 Å². The van der Waals surface area contributed by atoms with Crippen molar-refractivity contribution in [2.75, 3.05) is 11.5 Å². The van der Waals surface area contributed by atoms with Gasteiger partial charge in [-0.3, -0.25) is 0 Å². The Morgan fingerprint density at radius 3 is 2.35 bits per heavy atom. The molecule has 0 bridgehead atoms. The van der Waals surface area contributed by atoms with Crippen LogP contribution in [0.3, 0.4) is 0 Å². The summed E-state index contributed by atoms with van der Waals surface area (Å²) in [6.45, 7) is 5.21. The van der Waals surface area contributed by atoms with Gasteiger partial charge in [-0.1, -0.05) is 6.58 Å². The van der Waals surface area contributed by atoms with Crippen LogP contribution in [0.4, 0.5) is 0 Å². The number of benzene rings is 1. The average molecular weight is 249 g/mol. The topological polar surface area (TPSA) is 26.3 Å². The Labute approximate surface area is 105 Å². The largest absolute Gasteiger partial charge is 0.423 e. The Bertz CT molecular complexity index is 416. The minimum absolute atomic E-state index is 0.360. The molecule has 0 amide bonds. The summed E-state index contributed by atoms with van der Waals surface area (Å²) < 4.78 is 5.16. The first-order chi connectivity index (χ1) is 8.16. The molecule has 0 aromatic heterocycles. The van der Waals surface area contributed by atoms with Crippen LogP contribution >= 0.6 is 0 Å². The summed E-state index contributed by atoms with van der Waals surface area (Å²) in [5.41, 5.74) is 0.423. The van der Waals surface area contributed by atoms with E-state index in [1.54, 1.807) is 6.92 Å². The predicted molar refractivity (Wildman–Crippen MR) is 71.5 cm³/mol. The van der Waals surface area contributed by atoms with Crippen LogP contribution in [0.5, 0.6) is 5.75 Å². The maximum absolute atomic E-state index is 11.3. The van der Waals surface area contributed by atoms with E-state index in [0.29, 0.717) is 22.2 Å². The number of hydrogen-bond acceptors (Lipinski definition) is 2. The molecule has 0 unspecified atom stereocenters. The fraction of sp³-hybridized carbons (Fsp3) is 0.357. The van der Waals surface area contributed by atoms with Crippen LogP contribution in [0, 0.1) is 0 Å². The summed E-state index contributed by atoms with van der Waals surface area (Å²) in [5, 5.41) is 0. The van der Waals surface area contributed by atoms with Crippen molar-refractivity contribution < 1.29 is 9.53 Å². The molecule has 0 saturated carbocycles. The molecule has 0 N–H and O–H groups in total. The summed E-state index contributed by atoms with van der Waals surface area (Å²) in [4.78, 5) is 12.7. The van der Waals surface area contributed by atoms with Gasteiger partial charge in [0, 0.05) is 16.5 Å². The molecule has 1 aliphatic rings. The normalized spacial score (nSPS) is 15.8. The lowest BCUT2D eigenvalue weighted by atomic mass is 10.3. The van der Waals surface area contributed by atoms with Gasteiger partial charge in [0.25, 0.3) is 0 Å². The molecule has 1 heterocycles. The Balaban J connectivity index is 2.02. The summed E-state index contributed by atoms with van der Waals surface area (Å²) in [5.74, 6) is 2.86. The Hall–Kier alpha value is -1.22. The molecular weight excluding hydrogens is 232 g/mol. The Morgan fingerprint density at radius 1 is 1.24 bits per heavy atom. The van der Waals surface area contributed by atoms with Crippen LogP contribution in [-0.2, 0) is 15.7 Å². The van der Waals surface area contributed by atoms with Crippen molar-refractivity contribution in [3.05, 3.63) is 36.4 Å². The number of rotatable bonds is 3.